The average Bonchev–Trinajstić information content (AvgIpc) is 2.91. The molecule has 2 aromatic rings. The summed E-state index contributed by atoms with van der Waals surface area (Å²) >= 11 is 0. The highest BCUT2D eigenvalue weighted by Gasteiger charge is 2.15. The Kier molecular flexibility index (Phi) is 3.74. The third-order valence-electron chi connectivity index (χ3n) is 2.60. The molecule has 1 amide bonds. The van der Waals surface area contributed by atoms with Crippen molar-refractivity contribution < 1.29 is 13.9 Å². The second-order valence-electron chi connectivity index (χ2n) is 3.94. The van der Waals surface area contributed by atoms with Gasteiger partial charge in [0.05, 0.1) is 13.7 Å². The fraction of sp³-hybridized carbons (Fsp3) is 0.250. The minimum atomic E-state index is -0.503. The van der Waals surface area contributed by atoms with Gasteiger partial charge in [-0.1, -0.05) is 0 Å². The van der Waals surface area contributed by atoms with Crippen LogP contribution in [0.2, 0.25) is 0 Å². The first-order valence-corrected chi connectivity index (χ1v) is 5.55. The van der Waals surface area contributed by atoms with Gasteiger partial charge in [-0.2, -0.15) is 5.10 Å². The molecule has 1 aromatic heterocycles. The number of H-pyrrole nitrogens is 1. The second-order valence-corrected chi connectivity index (χ2v) is 3.94. The van der Waals surface area contributed by atoms with Crippen molar-refractivity contribution in [1.29, 1.82) is 0 Å². The van der Waals surface area contributed by atoms with E-state index in [1.165, 1.54) is 36.5 Å². The van der Waals surface area contributed by atoms with Crippen LogP contribution in [0.1, 0.15) is 16.2 Å². The number of carbonyl (C=O) groups is 1. The van der Waals surface area contributed by atoms with E-state index in [-0.39, 0.29) is 11.7 Å². The summed E-state index contributed by atoms with van der Waals surface area (Å²) in [5, 5.41) is 6.37. The highest BCUT2D eigenvalue weighted by molar-refractivity contribution is 5.94. The van der Waals surface area contributed by atoms with Crippen LogP contribution < -0.4 is 4.74 Å². The lowest BCUT2D eigenvalue weighted by Crippen LogP contribution is -2.26. The maximum absolute atomic E-state index is 13.3. The molecule has 0 spiro atoms. The number of nitrogens with one attached hydrogen (secondary N) is 1. The highest BCUT2D eigenvalue weighted by atomic mass is 19.1. The van der Waals surface area contributed by atoms with E-state index in [1.54, 1.807) is 7.05 Å². The molecule has 0 saturated heterocycles. The Hall–Kier alpha value is -2.44. The number of nitrogens with zero attached hydrogens (tertiary/aromatic N) is 3. The Balaban J connectivity index is 2.14. The number of ether oxygens (including phenoxy) is 1. The fourth-order valence-electron chi connectivity index (χ4n) is 1.62. The molecule has 19 heavy (non-hydrogen) atoms. The Labute approximate surface area is 109 Å². The first kappa shape index (κ1) is 13.0. The van der Waals surface area contributed by atoms with E-state index in [4.69, 9.17) is 4.74 Å². The summed E-state index contributed by atoms with van der Waals surface area (Å²) in [6.07, 6.45) is 1.37. The van der Waals surface area contributed by atoms with E-state index in [0.717, 1.165) is 0 Å². The maximum atomic E-state index is 13.3. The second kappa shape index (κ2) is 5.47. The van der Waals surface area contributed by atoms with Gasteiger partial charge in [0.15, 0.2) is 11.6 Å². The predicted octanol–water partition coefficient (Wildman–Crippen LogP) is 1.22. The van der Waals surface area contributed by atoms with Gasteiger partial charge in [-0.3, -0.25) is 9.89 Å². The molecular weight excluding hydrogens is 251 g/mol. The summed E-state index contributed by atoms with van der Waals surface area (Å²) < 4.78 is 18.1. The average molecular weight is 264 g/mol. The molecule has 0 aliphatic rings. The van der Waals surface area contributed by atoms with Gasteiger partial charge in [-0.05, 0) is 18.2 Å². The lowest BCUT2D eigenvalue weighted by Gasteiger charge is -2.16. The van der Waals surface area contributed by atoms with Gasteiger partial charge in [0.25, 0.3) is 5.91 Å². The van der Waals surface area contributed by atoms with Crippen molar-refractivity contribution in [3.8, 4) is 5.75 Å². The number of aromatic nitrogens is 3. The number of benzene rings is 1. The van der Waals surface area contributed by atoms with Crippen molar-refractivity contribution in [3.63, 3.8) is 0 Å². The molecule has 0 aliphatic carbocycles. The zero-order chi connectivity index (χ0) is 13.8. The quantitative estimate of drug-likeness (QED) is 0.901. The minimum absolute atomic E-state index is 0.0407. The van der Waals surface area contributed by atoms with Crippen LogP contribution in [-0.4, -0.2) is 40.1 Å². The molecule has 100 valence electrons. The summed E-state index contributed by atoms with van der Waals surface area (Å²) in [6.45, 7) is 0.290. The molecule has 7 heteroatoms. The molecule has 6 nitrogen and oxygen atoms in total. The normalized spacial score (nSPS) is 10.3. The number of hydrogen-bond acceptors (Lipinski definition) is 4. The van der Waals surface area contributed by atoms with Crippen molar-refractivity contribution in [3.05, 3.63) is 41.7 Å². The van der Waals surface area contributed by atoms with Crippen molar-refractivity contribution in [1.82, 2.24) is 20.1 Å². The number of halogens is 1. The van der Waals surface area contributed by atoms with Gasteiger partial charge in [-0.15, -0.1) is 0 Å². The largest absolute Gasteiger partial charge is 0.494 e. The molecule has 2 rings (SSSR count). The summed E-state index contributed by atoms with van der Waals surface area (Å²) in [4.78, 5) is 17.5. The molecule has 0 unspecified atom stereocenters. The molecule has 0 saturated carbocycles. The maximum Gasteiger partial charge on any atom is 0.254 e. The van der Waals surface area contributed by atoms with Gasteiger partial charge >= 0.3 is 0 Å². The molecule has 0 bridgehead atoms. The third-order valence-corrected chi connectivity index (χ3v) is 2.60. The molecule has 0 fully saturated rings. The SMILES string of the molecule is COc1cc(C(=O)N(C)Cc2ncn[nH]2)ccc1F. The van der Waals surface area contributed by atoms with Crippen molar-refractivity contribution in [2.75, 3.05) is 14.2 Å². The molecule has 0 radical (unpaired) electrons. The van der Waals surface area contributed by atoms with Crippen molar-refractivity contribution in [2.45, 2.75) is 6.54 Å². The Bertz CT molecular complexity index is 571. The number of amides is 1. The molecule has 0 aliphatic heterocycles. The van der Waals surface area contributed by atoms with Crippen LogP contribution in [0.25, 0.3) is 0 Å². The van der Waals surface area contributed by atoms with Gasteiger partial charge in [0.1, 0.15) is 12.2 Å². The third kappa shape index (κ3) is 2.87. The van der Waals surface area contributed by atoms with Gasteiger partial charge in [-0.25, -0.2) is 9.37 Å². The monoisotopic (exact) mass is 264 g/mol. The molecule has 0 atom stereocenters. The summed E-state index contributed by atoms with van der Waals surface area (Å²) in [6, 6.07) is 3.99. The number of aromatic amines is 1. The molecular formula is C12H13FN4O2. The van der Waals surface area contributed by atoms with E-state index < -0.39 is 5.82 Å². The first-order chi connectivity index (χ1) is 9.11. The fourth-order valence-corrected chi connectivity index (χ4v) is 1.62. The van der Waals surface area contributed by atoms with Crippen molar-refractivity contribution in [2.24, 2.45) is 0 Å². The number of hydrogen-bond donors (Lipinski definition) is 1. The van der Waals surface area contributed by atoms with Crippen LogP contribution in [0.5, 0.6) is 5.75 Å². The van der Waals surface area contributed by atoms with E-state index in [1.807, 2.05) is 0 Å². The number of methoxy groups -OCH3 is 1. The van der Waals surface area contributed by atoms with Crippen LogP contribution in [-0.2, 0) is 6.54 Å². The molecule has 1 heterocycles. The van der Waals surface area contributed by atoms with Crippen LogP contribution in [0.15, 0.2) is 24.5 Å². The van der Waals surface area contributed by atoms with E-state index in [2.05, 4.69) is 15.2 Å². The number of carbonyl (C=O) groups excluding carboxylic acids is 1. The lowest BCUT2D eigenvalue weighted by atomic mass is 10.2. The standard InChI is InChI=1S/C12H13FN4O2/c1-17(6-11-14-7-15-16-11)12(18)8-3-4-9(13)10(5-8)19-2/h3-5,7H,6H2,1-2H3,(H,14,15,16). The van der Waals surface area contributed by atoms with Gasteiger partial charge < -0.3 is 9.64 Å². The van der Waals surface area contributed by atoms with Gasteiger partial charge in [0.2, 0.25) is 0 Å². The highest BCUT2D eigenvalue weighted by Crippen LogP contribution is 2.19. The van der Waals surface area contributed by atoms with E-state index in [0.29, 0.717) is 17.9 Å². The predicted molar refractivity (Wildman–Crippen MR) is 65.1 cm³/mol. The summed E-state index contributed by atoms with van der Waals surface area (Å²) in [7, 11) is 2.98. The zero-order valence-corrected chi connectivity index (χ0v) is 10.6. The summed E-state index contributed by atoms with van der Waals surface area (Å²) in [5.41, 5.74) is 0.347. The van der Waals surface area contributed by atoms with Gasteiger partial charge in [0, 0.05) is 12.6 Å². The van der Waals surface area contributed by atoms with Crippen LogP contribution in [0.3, 0.4) is 0 Å². The smallest absolute Gasteiger partial charge is 0.254 e. The minimum Gasteiger partial charge on any atom is -0.494 e. The molecule has 1 aromatic carbocycles. The number of rotatable bonds is 4. The van der Waals surface area contributed by atoms with Crippen LogP contribution in [0, 0.1) is 5.82 Å². The summed E-state index contributed by atoms with van der Waals surface area (Å²) in [5.74, 6) is -0.143. The van der Waals surface area contributed by atoms with E-state index >= 15 is 0 Å². The Morgan fingerprint density at radius 1 is 1.53 bits per heavy atom. The molecule has 1 N–H and O–H groups in total. The topological polar surface area (TPSA) is 71.1 Å². The Morgan fingerprint density at radius 2 is 2.32 bits per heavy atom. The first-order valence-electron chi connectivity index (χ1n) is 5.55. The van der Waals surface area contributed by atoms with Crippen LogP contribution >= 0.6 is 0 Å². The van der Waals surface area contributed by atoms with Crippen LogP contribution in [0.4, 0.5) is 4.39 Å². The Morgan fingerprint density at radius 3 is 2.95 bits per heavy atom. The van der Waals surface area contributed by atoms with E-state index in [9.17, 15) is 9.18 Å². The lowest BCUT2D eigenvalue weighted by molar-refractivity contribution is 0.0781. The van der Waals surface area contributed by atoms with Crippen molar-refractivity contribution >= 4 is 5.91 Å². The zero-order valence-electron chi connectivity index (χ0n) is 10.6.